The van der Waals surface area contributed by atoms with Crippen molar-refractivity contribution in [2.24, 2.45) is 0 Å². The smallest absolute Gasteiger partial charge is 0.337 e. The Morgan fingerprint density at radius 2 is 2.00 bits per heavy atom. The van der Waals surface area contributed by atoms with Crippen molar-refractivity contribution in [1.29, 1.82) is 0 Å². The summed E-state index contributed by atoms with van der Waals surface area (Å²) in [7, 11) is 1.33. The van der Waals surface area contributed by atoms with Crippen molar-refractivity contribution in [2.45, 2.75) is 31.5 Å². The van der Waals surface area contributed by atoms with Gasteiger partial charge in [0.2, 0.25) is 0 Å². The lowest BCUT2D eigenvalue weighted by Gasteiger charge is -2.25. The summed E-state index contributed by atoms with van der Waals surface area (Å²) in [5.74, 6) is -0.173. The molecule has 5 nitrogen and oxygen atoms in total. The first-order valence-electron chi connectivity index (χ1n) is 9.03. The number of halogens is 1. The number of carbonyl (C=O) groups is 1. The SMILES string of the molecule is COC(=O)c1cccc(OC[C@H](O)CN(Cc2ccc(F)cc2)C2CC2)c1. The summed E-state index contributed by atoms with van der Waals surface area (Å²) in [5.41, 5.74) is 1.42. The molecule has 1 atom stereocenters. The summed E-state index contributed by atoms with van der Waals surface area (Å²) < 4.78 is 23.4. The lowest BCUT2D eigenvalue weighted by Crippen LogP contribution is -2.36. The number of nitrogens with zero attached hydrogens (tertiary/aromatic N) is 1. The number of aliphatic hydroxyl groups excluding tert-OH is 1. The van der Waals surface area contributed by atoms with E-state index in [0.29, 0.717) is 30.4 Å². The summed E-state index contributed by atoms with van der Waals surface area (Å²) in [6, 6.07) is 13.6. The minimum atomic E-state index is -0.673. The Labute approximate surface area is 158 Å². The quantitative estimate of drug-likeness (QED) is 0.685. The van der Waals surface area contributed by atoms with E-state index in [1.54, 1.807) is 36.4 Å². The topological polar surface area (TPSA) is 59.0 Å². The Bertz CT molecular complexity index is 761. The van der Waals surface area contributed by atoms with Gasteiger partial charge in [0.05, 0.1) is 12.7 Å². The van der Waals surface area contributed by atoms with Gasteiger partial charge in [-0.25, -0.2) is 9.18 Å². The third kappa shape index (κ3) is 5.77. The van der Waals surface area contributed by atoms with Gasteiger partial charge < -0.3 is 14.6 Å². The van der Waals surface area contributed by atoms with Crippen LogP contribution >= 0.6 is 0 Å². The molecule has 0 heterocycles. The van der Waals surface area contributed by atoms with Crippen LogP contribution in [-0.4, -0.2) is 48.4 Å². The van der Waals surface area contributed by atoms with Crippen LogP contribution in [0.1, 0.15) is 28.8 Å². The third-order valence-corrected chi connectivity index (χ3v) is 4.50. The van der Waals surface area contributed by atoms with Gasteiger partial charge in [0.25, 0.3) is 0 Å². The monoisotopic (exact) mass is 373 g/mol. The predicted molar refractivity (Wildman–Crippen MR) is 99.1 cm³/mol. The van der Waals surface area contributed by atoms with Crippen molar-refractivity contribution in [2.75, 3.05) is 20.3 Å². The van der Waals surface area contributed by atoms with E-state index in [4.69, 9.17) is 9.47 Å². The highest BCUT2D eigenvalue weighted by Crippen LogP contribution is 2.28. The highest BCUT2D eigenvalue weighted by atomic mass is 19.1. The number of rotatable bonds is 9. The zero-order chi connectivity index (χ0) is 19.2. The number of esters is 1. The second-order valence-electron chi connectivity index (χ2n) is 6.77. The van der Waals surface area contributed by atoms with Gasteiger partial charge >= 0.3 is 5.97 Å². The fourth-order valence-electron chi connectivity index (χ4n) is 2.95. The lowest BCUT2D eigenvalue weighted by molar-refractivity contribution is 0.0595. The molecular formula is C21H24FNO4. The molecule has 0 amide bonds. The van der Waals surface area contributed by atoms with E-state index in [0.717, 1.165) is 18.4 Å². The van der Waals surface area contributed by atoms with Gasteiger partial charge in [0.15, 0.2) is 0 Å². The summed E-state index contributed by atoms with van der Waals surface area (Å²) in [6.45, 7) is 1.26. The molecule has 1 saturated carbocycles. The molecule has 0 spiro atoms. The average molecular weight is 373 g/mol. The first-order valence-corrected chi connectivity index (χ1v) is 9.03. The number of methoxy groups -OCH3 is 1. The molecule has 0 radical (unpaired) electrons. The average Bonchev–Trinajstić information content (AvgIpc) is 3.52. The van der Waals surface area contributed by atoms with Crippen LogP contribution in [0.4, 0.5) is 4.39 Å². The van der Waals surface area contributed by atoms with Crippen molar-refractivity contribution >= 4 is 5.97 Å². The van der Waals surface area contributed by atoms with Crippen LogP contribution in [0.5, 0.6) is 5.75 Å². The number of aliphatic hydroxyl groups is 1. The third-order valence-electron chi connectivity index (χ3n) is 4.50. The Kier molecular flexibility index (Phi) is 6.42. The van der Waals surface area contributed by atoms with Crippen molar-refractivity contribution in [3.8, 4) is 5.75 Å². The maximum Gasteiger partial charge on any atom is 0.337 e. The Morgan fingerprint density at radius 1 is 1.26 bits per heavy atom. The van der Waals surface area contributed by atoms with Crippen molar-refractivity contribution in [3.63, 3.8) is 0 Å². The second-order valence-corrected chi connectivity index (χ2v) is 6.77. The summed E-state index contributed by atoms with van der Waals surface area (Å²) in [4.78, 5) is 13.8. The fourth-order valence-corrected chi connectivity index (χ4v) is 2.95. The molecule has 2 aromatic carbocycles. The van der Waals surface area contributed by atoms with Crippen LogP contribution in [0.2, 0.25) is 0 Å². The van der Waals surface area contributed by atoms with E-state index in [2.05, 4.69) is 4.90 Å². The van der Waals surface area contributed by atoms with E-state index in [9.17, 15) is 14.3 Å². The molecule has 27 heavy (non-hydrogen) atoms. The highest BCUT2D eigenvalue weighted by molar-refractivity contribution is 5.89. The molecule has 1 aliphatic rings. The molecule has 1 fully saturated rings. The molecule has 1 N–H and O–H groups in total. The molecule has 0 bridgehead atoms. The predicted octanol–water partition coefficient (Wildman–Crippen LogP) is 3.02. The van der Waals surface area contributed by atoms with Gasteiger partial charge in [-0.15, -0.1) is 0 Å². The minimum Gasteiger partial charge on any atom is -0.491 e. The molecule has 0 unspecified atom stereocenters. The normalized spacial score (nSPS) is 14.8. The van der Waals surface area contributed by atoms with Gasteiger partial charge in [-0.05, 0) is 48.7 Å². The Morgan fingerprint density at radius 3 is 2.67 bits per heavy atom. The number of carbonyl (C=O) groups excluding carboxylic acids is 1. The second kappa shape index (κ2) is 8.97. The highest BCUT2D eigenvalue weighted by Gasteiger charge is 2.30. The minimum absolute atomic E-state index is 0.122. The fraction of sp³-hybridized carbons (Fsp3) is 0.381. The summed E-state index contributed by atoms with van der Waals surface area (Å²) in [6.07, 6.45) is 1.54. The van der Waals surface area contributed by atoms with Crippen LogP contribution in [0.3, 0.4) is 0 Å². The number of benzene rings is 2. The zero-order valence-corrected chi connectivity index (χ0v) is 15.3. The van der Waals surface area contributed by atoms with Crippen LogP contribution in [-0.2, 0) is 11.3 Å². The summed E-state index contributed by atoms with van der Waals surface area (Å²) in [5, 5.41) is 10.4. The van der Waals surface area contributed by atoms with Gasteiger partial charge in [0, 0.05) is 19.1 Å². The standard InChI is InChI=1S/C21H24FNO4/c1-26-21(25)16-3-2-4-20(11-16)27-14-19(24)13-23(18-9-10-18)12-15-5-7-17(22)8-6-15/h2-8,11,18-19,24H,9-10,12-14H2,1H3/t19-/m1/s1. The summed E-state index contributed by atoms with van der Waals surface area (Å²) >= 11 is 0. The molecule has 6 heteroatoms. The molecule has 0 aliphatic heterocycles. The Hall–Kier alpha value is -2.44. The van der Waals surface area contributed by atoms with Crippen LogP contribution < -0.4 is 4.74 Å². The first-order chi connectivity index (χ1) is 13.0. The molecule has 3 rings (SSSR count). The molecule has 0 aromatic heterocycles. The van der Waals surface area contributed by atoms with E-state index < -0.39 is 12.1 Å². The van der Waals surface area contributed by atoms with Gasteiger partial charge in [-0.1, -0.05) is 18.2 Å². The molecule has 2 aromatic rings. The molecular weight excluding hydrogens is 349 g/mol. The molecule has 144 valence electrons. The van der Waals surface area contributed by atoms with E-state index in [1.165, 1.54) is 19.2 Å². The maximum atomic E-state index is 13.1. The van der Waals surface area contributed by atoms with Gasteiger partial charge in [-0.3, -0.25) is 4.90 Å². The van der Waals surface area contributed by atoms with E-state index in [1.807, 2.05) is 0 Å². The first kappa shape index (κ1) is 19.3. The van der Waals surface area contributed by atoms with Crippen molar-refractivity contribution in [1.82, 2.24) is 4.90 Å². The molecule has 0 saturated heterocycles. The van der Waals surface area contributed by atoms with E-state index >= 15 is 0 Å². The Balaban J connectivity index is 1.53. The molecule has 1 aliphatic carbocycles. The van der Waals surface area contributed by atoms with Crippen LogP contribution in [0.25, 0.3) is 0 Å². The van der Waals surface area contributed by atoms with Crippen LogP contribution in [0.15, 0.2) is 48.5 Å². The van der Waals surface area contributed by atoms with Gasteiger partial charge in [-0.2, -0.15) is 0 Å². The van der Waals surface area contributed by atoms with Gasteiger partial charge in [0.1, 0.15) is 24.3 Å². The number of hydrogen-bond donors (Lipinski definition) is 1. The van der Waals surface area contributed by atoms with Crippen LogP contribution in [0, 0.1) is 5.82 Å². The lowest BCUT2D eigenvalue weighted by atomic mass is 10.2. The number of ether oxygens (including phenoxy) is 2. The maximum absolute atomic E-state index is 13.1. The van der Waals surface area contributed by atoms with Crippen molar-refractivity contribution < 1.29 is 23.8 Å². The number of hydrogen-bond acceptors (Lipinski definition) is 5. The van der Waals surface area contributed by atoms with E-state index in [-0.39, 0.29) is 12.4 Å². The zero-order valence-electron chi connectivity index (χ0n) is 15.3. The largest absolute Gasteiger partial charge is 0.491 e. The van der Waals surface area contributed by atoms with Crippen molar-refractivity contribution in [3.05, 3.63) is 65.5 Å².